The van der Waals surface area contributed by atoms with Gasteiger partial charge in [0.2, 0.25) is 0 Å². The molecular formula is C13H21N5S. The summed E-state index contributed by atoms with van der Waals surface area (Å²) in [4.78, 5) is 5.76. The van der Waals surface area contributed by atoms with Gasteiger partial charge in [0.25, 0.3) is 0 Å². The van der Waals surface area contributed by atoms with Gasteiger partial charge in [-0.05, 0) is 19.8 Å². The Balaban J connectivity index is 2.18. The molecule has 1 unspecified atom stereocenters. The normalized spacial score (nSPS) is 12.6. The van der Waals surface area contributed by atoms with E-state index >= 15 is 0 Å². The van der Waals surface area contributed by atoms with E-state index in [1.807, 2.05) is 13.2 Å². The van der Waals surface area contributed by atoms with Crippen molar-refractivity contribution in [1.82, 2.24) is 14.8 Å². The lowest BCUT2D eigenvalue weighted by Crippen LogP contribution is -2.11. The van der Waals surface area contributed by atoms with Gasteiger partial charge in [-0.15, -0.1) is 11.3 Å². The van der Waals surface area contributed by atoms with E-state index in [1.165, 1.54) is 4.88 Å². The fourth-order valence-corrected chi connectivity index (χ4v) is 2.84. The van der Waals surface area contributed by atoms with Crippen LogP contribution >= 0.6 is 11.3 Å². The van der Waals surface area contributed by atoms with Crippen LogP contribution < -0.4 is 11.1 Å². The molecule has 0 saturated carbocycles. The van der Waals surface area contributed by atoms with E-state index in [2.05, 4.69) is 36.2 Å². The summed E-state index contributed by atoms with van der Waals surface area (Å²) < 4.78 is 1.80. The lowest BCUT2D eigenvalue weighted by Gasteiger charge is -2.13. The first-order valence-corrected chi connectivity index (χ1v) is 7.40. The highest BCUT2D eigenvalue weighted by atomic mass is 32.1. The van der Waals surface area contributed by atoms with Crippen molar-refractivity contribution in [3.63, 3.8) is 0 Å². The lowest BCUT2D eigenvalue weighted by atomic mass is 10.3. The molecule has 2 aromatic heterocycles. The van der Waals surface area contributed by atoms with E-state index in [4.69, 9.17) is 5.73 Å². The second-order valence-corrected chi connectivity index (χ2v) is 5.72. The molecule has 0 bridgehead atoms. The second-order valence-electron chi connectivity index (χ2n) is 4.57. The molecule has 3 N–H and O–H groups in total. The molecule has 0 aliphatic carbocycles. The zero-order chi connectivity index (χ0) is 14.0. The molecule has 5 nitrogen and oxygen atoms in total. The van der Waals surface area contributed by atoms with Crippen molar-refractivity contribution >= 4 is 22.8 Å². The first-order chi connectivity index (χ1) is 9.06. The highest BCUT2D eigenvalue weighted by Crippen LogP contribution is 2.28. The number of hydrogen-bond donors (Lipinski definition) is 2. The first kappa shape index (κ1) is 13.9. The highest BCUT2D eigenvalue weighted by Gasteiger charge is 2.16. The van der Waals surface area contributed by atoms with Crippen molar-refractivity contribution < 1.29 is 0 Å². The number of anilines is 2. The van der Waals surface area contributed by atoms with Crippen LogP contribution in [0.15, 0.2) is 6.20 Å². The number of nitrogens with zero attached hydrogens (tertiary/aromatic N) is 3. The maximum Gasteiger partial charge on any atom is 0.148 e. The minimum absolute atomic E-state index is 0.132. The number of aromatic nitrogens is 3. The zero-order valence-corrected chi connectivity index (χ0v) is 12.7. The number of nitrogen functional groups attached to an aromatic ring is 1. The number of hydrogen-bond acceptors (Lipinski definition) is 5. The third kappa shape index (κ3) is 2.73. The van der Waals surface area contributed by atoms with Crippen molar-refractivity contribution in [2.45, 2.75) is 39.7 Å². The summed E-state index contributed by atoms with van der Waals surface area (Å²) in [5.74, 6) is 0.873. The summed E-state index contributed by atoms with van der Waals surface area (Å²) in [6.45, 7) is 6.29. The molecule has 0 aromatic carbocycles. The summed E-state index contributed by atoms with van der Waals surface area (Å²) in [6.07, 6.45) is 3.81. The molecule has 0 aliphatic heterocycles. The molecular weight excluding hydrogens is 258 g/mol. The van der Waals surface area contributed by atoms with Gasteiger partial charge >= 0.3 is 0 Å². The van der Waals surface area contributed by atoms with Crippen molar-refractivity contribution in [3.8, 4) is 0 Å². The van der Waals surface area contributed by atoms with E-state index in [1.54, 1.807) is 16.0 Å². The van der Waals surface area contributed by atoms with Crippen LogP contribution in [-0.2, 0) is 19.9 Å². The molecule has 2 aromatic rings. The van der Waals surface area contributed by atoms with Crippen molar-refractivity contribution in [3.05, 3.63) is 21.8 Å². The predicted molar refractivity (Wildman–Crippen MR) is 80.5 cm³/mol. The summed E-state index contributed by atoms with van der Waals surface area (Å²) >= 11 is 1.74. The zero-order valence-electron chi connectivity index (χ0n) is 11.9. The van der Waals surface area contributed by atoms with Crippen LogP contribution in [0, 0.1) is 0 Å². The molecule has 104 valence electrons. The molecule has 0 spiro atoms. The van der Waals surface area contributed by atoms with Crippen molar-refractivity contribution in [2.75, 3.05) is 11.1 Å². The fourth-order valence-electron chi connectivity index (χ4n) is 1.98. The van der Waals surface area contributed by atoms with Crippen molar-refractivity contribution in [2.24, 2.45) is 7.05 Å². The first-order valence-electron chi connectivity index (χ1n) is 6.59. The third-order valence-corrected chi connectivity index (χ3v) is 4.46. The number of thiazole rings is 1. The number of aryl methyl sites for hydroxylation is 3. The van der Waals surface area contributed by atoms with E-state index in [0.29, 0.717) is 0 Å². The van der Waals surface area contributed by atoms with Crippen LogP contribution in [0.3, 0.4) is 0 Å². The van der Waals surface area contributed by atoms with Crippen LogP contribution in [-0.4, -0.2) is 14.8 Å². The Morgan fingerprint density at radius 1 is 1.42 bits per heavy atom. The number of nitrogens with one attached hydrogen (secondary N) is 1. The molecule has 6 heteroatoms. The molecule has 0 aliphatic rings. The Labute approximate surface area is 117 Å². The van der Waals surface area contributed by atoms with Crippen LogP contribution in [0.25, 0.3) is 0 Å². The molecule has 0 fully saturated rings. The predicted octanol–water partition coefficient (Wildman–Crippen LogP) is 2.76. The Morgan fingerprint density at radius 2 is 2.16 bits per heavy atom. The van der Waals surface area contributed by atoms with Crippen molar-refractivity contribution in [1.29, 1.82) is 0 Å². The van der Waals surface area contributed by atoms with Gasteiger partial charge in [-0.25, -0.2) is 4.98 Å². The van der Waals surface area contributed by atoms with E-state index < -0.39 is 0 Å². The van der Waals surface area contributed by atoms with Crippen LogP contribution in [0.2, 0.25) is 0 Å². The van der Waals surface area contributed by atoms with Gasteiger partial charge in [-0.1, -0.05) is 13.8 Å². The third-order valence-electron chi connectivity index (χ3n) is 3.14. The average molecular weight is 279 g/mol. The maximum atomic E-state index is 6.11. The summed E-state index contributed by atoms with van der Waals surface area (Å²) in [6, 6.07) is 0.132. The lowest BCUT2D eigenvalue weighted by molar-refractivity contribution is 0.733. The molecule has 0 amide bonds. The monoisotopic (exact) mass is 279 g/mol. The smallest absolute Gasteiger partial charge is 0.148 e. The number of rotatable bonds is 5. The SMILES string of the molecule is CCc1cnc(C(C)Nc2c(N)c(CC)nn2C)s1. The quantitative estimate of drug-likeness (QED) is 0.883. The summed E-state index contributed by atoms with van der Waals surface area (Å²) in [5, 5.41) is 8.90. The van der Waals surface area contributed by atoms with Gasteiger partial charge in [0, 0.05) is 18.1 Å². The molecule has 2 rings (SSSR count). The van der Waals surface area contributed by atoms with Gasteiger partial charge in [0.05, 0.1) is 17.4 Å². The standard InChI is InChI=1S/C13H21N5S/c1-5-9-7-15-13(19-9)8(3)16-12-11(14)10(6-2)17-18(12)4/h7-8,16H,5-6,14H2,1-4H3. The molecule has 19 heavy (non-hydrogen) atoms. The Kier molecular flexibility index (Phi) is 4.09. The van der Waals surface area contributed by atoms with Gasteiger partial charge in [0.1, 0.15) is 10.8 Å². The van der Waals surface area contributed by atoms with E-state index in [0.717, 1.165) is 35.0 Å². The van der Waals surface area contributed by atoms with Gasteiger partial charge < -0.3 is 11.1 Å². The highest BCUT2D eigenvalue weighted by molar-refractivity contribution is 7.11. The van der Waals surface area contributed by atoms with Gasteiger partial charge in [-0.2, -0.15) is 5.10 Å². The molecule has 0 saturated heterocycles. The Bertz CT molecular complexity index is 557. The molecule has 1 atom stereocenters. The van der Waals surface area contributed by atoms with Crippen LogP contribution in [0.4, 0.5) is 11.5 Å². The van der Waals surface area contributed by atoms with Gasteiger partial charge in [0.15, 0.2) is 0 Å². The number of nitrogens with two attached hydrogens (primary N) is 1. The second kappa shape index (κ2) is 5.61. The maximum absolute atomic E-state index is 6.11. The largest absolute Gasteiger partial charge is 0.394 e. The fraction of sp³-hybridized carbons (Fsp3) is 0.538. The van der Waals surface area contributed by atoms with Gasteiger partial charge in [-0.3, -0.25) is 4.68 Å². The average Bonchev–Trinajstić information content (AvgIpc) is 2.98. The minimum Gasteiger partial charge on any atom is -0.394 e. The van der Waals surface area contributed by atoms with Crippen LogP contribution in [0.1, 0.15) is 42.4 Å². The summed E-state index contributed by atoms with van der Waals surface area (Å²) in [7, 11) is 1.91. The molecule has 2 heterocycles. The van der Waals surface area contributed by atoms with Crippen LogP contribution in [0.5, 0.6) is 0 Å². The Hall–Kier alpha value is -1.56. The topological polar surface area (TPSA) is 68.8 Å². The van der Waals surface area contributed by atoms with E-state index in [9.17, 15) is 0 Å². The Morgan fingerprint density at radius 3 is 2.68 bits per heavy atom. The summed E-state index contributed by atoms with van der Waals surface area (Å²) in [5.41, 5.74) is 7.79. The molecule has 0 radical (unpaired) electrons. The van der Waals surface area contributed by atoms with E-state index in [-0.39, 0.29) is 6.04 Å². The minimum atomic E-state index is 0.132.